The number of anilines is 2. The molecule has 0 aliphatic rings. The van der Waals surface area contributed by atoms with Gasteiger partial charge in [0, 0.05) is 0 Å². The van der Waals surface area contributed by atoms with E-state index in [0.717, 1.165) is 22.6 Å². The Hall–Kier alpha value is -3.36. The van der Waals surface area contributed by atoms with Crippen molar-refractivity contribution >= 4 is 36.4 Å². The van der Waals surface area contributed by atoms with Gasteiger partial charge in [0.15, 0.2) is 0 Å². The molecule has 0 spiro atoms. The monoisotopic (exact) mass is 478 g/mol. The van der Waals surface area contributed by atoms with Crippen LogP contribution in [-0.4, -0.2) is 33.8 Å². The van der Waals surface area contributed by atoms with Crippen LogP contribution in [0.15, 0.2) is 73.1 Å². The van der Waals surface area contributed by atoms with Crippen molar-refractivity contribution in [2.75, 3.05) is 25.7 Å². The summed E-state index contributed by atoms with van der Waals surface area (Å²) in [4.78, 5) is 0. The number of nitrogen functional groups attached to an aromatic ring is 2. The molecule has 0 bridgehead atoms. The molecular formula is C22H28Cl2N6O2. The van der Waals surface area contributed by atoms with E-state index in [1.807, 2.05) is 48.5 Å². The highest BCUT2D eigenvalue weighted by molar-refractivity contribution is 5.85. The Kier molecular flexibility index (Phi) is 11.0. The van der Waals surface area contributed by atoms with E-state index in [9.17, 15) is 0 Å². The summed E-state index contributed by atoms with van der Waals surface area (Å²) < 4.78 is 13.7. The summed E-state index contributed by atoms with van der Waals surface area (Å²) in [5.41, 5.74) is 13.7. The van der Waals surface area contributed by atoms with Gasteiger partial charge in [-0.3, -0.25) is 0 Å². The molecule has 8 nitrogen and oxygen atoms in total. The number of hydrogen-bond acceptors (Lipinski definition) is 6. The topological polar surface area (TPSA) is 106 Å². The molecule has 0 radical (unpaired) electrons. The van der Waals surface area contributed by atoms with Crippen molar-refractivity contribution in [3.05, 3.63) is 84.2 Å². The lowest BCUT2D eigenvalue weighted by atomic mass is 10.2. The highest BCUT2D eigenvalue weighted by Gasteiger charge is 2.00. The smallest absolute Gasteiger partial charge is 0.122 e. The zero-order valence-corrected chi connectivity index (χ0v) is 19.6. The Labute approximate surface area is 199 Å². The van der Waals surface area contributed by atoms with Crippen LogP contribution in [0, 0.1) is 0 Å². The Morgan fingerprint density at radius 2 is 0.969 bits per heavy atom. The van der Waals surface area contributed by atoms with Crippen molar-refractivity contribution in [1.29, 1.82) is 0 Å². The van der Waals surface area contributed by atoms with E-state index in [2.05, 4.69) is 10.2 Å². The van der Waals surface area contributed by atoms with Gasteiger partial charge in [-0.2, -0.15) is 10.2 Å². The third kappa shape index (κ3) is 7.40. The van der Waals surface area contributed by atoms with E-state index in [0.29, 0.717) is 24.7 Å². The Balaban J connectivity index is 0.000000301. The number of nitrogens with two attached hydrogens (primary N) is 2. The molecule has 2 aromatic carbocycles. The molecule has 0 aliphatic heterocycles. The van der Waals surface area contributed by atoms with Gasteiger partial charge in [-0.25, -0.2) is 9.36 Å². The molecule has 4 aromatic rings. The van der Waals surface area contributed by atoms with E-state index >= 15 is 0 Å². The van der Waals surface area contributed by atoms with E-state index in [-0.39, 0.29) is 24.8 Å². The SMILES string of the molecule is COc1ccc(Cn2nccc2N)cc1.COc1ccc(Cn2nccc2N)cc1.Cl.Cl. The lowest BCUT2D eigenvalue weighted by Gasteiger charge is -2.05. The highest BCUT2D eigenvalue weighted by atomic mass is 35.5. The zero-order valence-electron chi connectivity index (χ0n) is 17.9. The largest absolute Gasteiger partial charge is 0.497 e. The number of hydrogen-bond donors (Lipinski definition) is 2. The lowest BCUT2D eigenvalue weighted by Crippen LogP contribution is -2.05. The molecule has 2 heterocycles. The van der Waals surface area contributed by atoms with Gasteiger partial charge < -0.3 is 20.9 Å². The van der Waals surface area contributed by atoms with E-state index in [1.165, 1.54) is 0 Å². The van der Waals surface area contributed by atoms with Crippen LogP contribution in [-0.2, 0) is 13.1 Å². The summed E-state index contributed by atoms with van der Waals surface area (Å²) in [5.74, 6) is 3.05. The zero-order chi connectivity index (χ0) is 21.3. The van der Waals surface area contributed by atoms with Crippen LogP contribution in [0.1, 0.15) is 11.1 Å². The summed E-state index contributed by atoms with van der Waals surface area (Å²) >= 11 is 0. The number of rotatable bonds is 6. The van der Waals surface area contributed by atoms with Crippen LogP contribution in [0.25, 0.3) is 0 Å². The second-order valence-corrected chi connectivity index (χ2v) is 6.52. The number of aromatic nitrogens is 4. The van der Waals surface area contributed by atoms with Crippen molar-refractivity contribution in [1.82, 2.24) is 19.6 Å². The first-order chi connectivity index (χ1) is 14.6. The normalized spacial score (nSPS) is 9.56. The maximum absolute atomic E-state index is 5.72. The first kappa shape index (κ1) is 26.7. The maximum atomic E-state index is 5.72. The molecule has 4 rings (SSSR count). The molecule has 10 heteroatoms. The van der Waals surface area contributed by atoms with Crippen LogP contribution in [0.3, 0.4) is 0 Å². The molecule has 172 valence electrons. The molecule has 0 saturated heterocycles. The summed E-state index contributed by atoms with van der Waals surface area (Å²) in [7, 11) is 3.31. The third-order valence-electron chi connectivity index (χ3n) is 4.48. The van der Waals surface area contributed by atoms with Crippen LogP contribution in [0.4, 0.5) is 11.6 Å². The minimum atomic E-state index is 0. The Bertz CT molecular complexity index is 963. The predicted molar refractivity (Wildman–Crippen MR) is 132 cm³/mol. The Morgan fingerprint density at radius 3 is 1.22 bits per heavy atom. The van der Waals surface area contributed by atoms with Gasteiger partial charge in [-0.15, -0.1) is 24.8 Å². The second kappa shape index (κ2) is 13.1. The minimum Gasteiger partial charge on any atom is -0.497 e. The molecule has 32 heavy (non-hydrogen) atoms. The molecule has 2 aromatic heterocycles. The average molecular weight is 479 g/mol. The van der Waals surface area contributed by atoms with E-state index in [1.54, 1.807) is 48.1 Å². The van der Waals surface area contributed by atoms with Crippen LogP contribution in [0.2, 0.25) is 0 Å². The van der Waals surface area contributed by atoms with Crippen molar-refractivity contribution < 1.29 is 9.47 Å². The Morgan fingerprint density at radius 1 is 0.625 bits per heavy atom. The van der Waals surface area contributed by atoms with Gasteiger partial charge in [0.05, 0.1) is 39.7 Å². The standard InChI is InChI=1S/2C11H13N3O.2ClH/c2*1-15-10-4-2-9(3-5-10)8-14-11(12)6-7-13-14;;/h2*2-7H,8,12H2,1H3;2*1H. The molecule has 0 unspecified atom stereocenters. The number of nitrogens with zero attached hydrogens (tertiary/aromatic N) is 4. The fourth-order valence-electron chi connectivity index (χ4n) is 2.76. The molecule has 0 atom stereocenters. The van der Waals surface area contributed by atoms with Crippen molar-refractivity contribution in [2.24, 2.45) is 0 Å². The number of halogens is 2. The maximum Gasteiger partial charge on any atom is 0.122 e. The minimum absolute atomic E-state index is 0. The fraction of sp³-hybridized carbons (Fsp3) is 0.182. The summed E-state index contributed by atoms with van der Waals surface area (Å²) in [6.45, 7) is 1.37. The van der Waals surface area contributed by atoms with Gasteiger partial charge in [-0.1, -0.05) is 24.3 Å². The molecule has 4 N–H and O–H groups in total. The lowest BCUT2D eigenvalue weighted by molar-refractivity contribution is 0.414. The molecule has 0 fully saturated rings. The van der Waals surface area contributed by atoms with Crippen LogP contribution < -0.4 is 20.9 Å². The van der Waals surface area contributed by atoms with E-state index < -0.39 is 0 Å². The van der Waals surface area contributed by atoms with Gasteiger partial charge in [0.25, 0.3) is 0 Å². The summed E-state index contributed by atoms with van der Waals surface area (Å²) in [6.07, 6.45) is 3.39. The van der Waals surface area contributed by atoms with Crippen LogP contribution >= 0.6 is 24.8 Å². The molecule has 0 saturated carbocycles. The number of methoxy groups -OCH3 is 2. The third-order valence-corrected chi connectivity index (χ3v) is 4.48. The van der Waals surface area contributed by atoms with Crippen molar-refractivity contribution in [3.8, 4) is 11.5 Å². The average Bonchev–Trinajstić information content (AvgIpc) is 3.37. The second-order valence-electron chi connectivity index (χ2n) is 6.52. The van der Waals surface area contributed by atoms with Gasteiger partial charge in [0.1, 0.15) is 23.1 Å². The van der Waals surface area contributed by atoms with Crippen molar-refractivity contribution in [3.63, 3.8) is 0 Å². The van der Waals surface area contributed by atoms with E-state index in [4.69, 9.17) is 20.9 Å². The van der Waals surface area contributed by atoms with Gasteiger partial charge >= 0.3 is 0 Å². The molecular weight excluding hydrogens is 451 g/mol. The number of benzene rings is 2. The first-order valence-corrected chi connectivity index (χ1v) is 9.39. The van der Waals surface area contributed by atoms with Crippen molar-refractivity contribution in [2.45, 2.75) is 13.1 Å². The van der Waals surface area contributed by atoms with Crippen LogP contribution in [0.5, 0.6) is 11.5 Å². The fourth-order valence-corrected chi connectivity index (χ4v) is 2.76. The summed E-state index contributed by atoms with van der Waals surface area (Å²) in [5, 5.41) is 8.23. The van der Waals surface area contributed by atoms with Gasteiger partial charge in [-0.05, 0) is 47.5 Å². The molecule has 0 aliphatic carbocycles. The predicted octanol–water partition coefficient (Wildman–Crippen LogP) is 3.89. The van der Waals surface area contributed by atoms with Gasteiger partial charge in [0.2, 0.25) is 0 Å². The first-order valence-electron chi connectivity index (χ1n) is 9.39. The highest BCUT2D eigenvalue weighted by Crippen LogP contribution is 2.14. The summed E-state index contributed by atoms with van der Waals surface area (Å²) in [6, 6.07) is 19.3. The number of ether oxygens (including phenoxy) is 2. The molecule has 0 amide bonds. The quantitative estimate of drug-likeness (QED) is 0.435.